The molecule has 2 fully saturated rings. The van der Waals surface area contributed by atoms with E-state index in [0.717, 1.165) is 52.6 Å². The number of aliphatic imine (C=N–C) groups is 1. The molecule has 1 aromatic heterocycles. The van der Waals surface area contributed by atoms with Gasteiger partial charge in [0, 0.05) is 0 Å². The summed E-state index contributed by atoms with van der Waals surface area (Å²) in [6.45, 7) is 20.6. The second kappa shape index (κ2) is 11.4. The zero-order chi connectivity index (χ0) is 25.1. The van der Waals surface area contributed by atoms with Crippen molar-refractivity contribution in [2.45, 2.75) is 47.0 Å². The van der Waals surface area contributed by atoms with E-state index in [4.69, 9.17) is 19.5 Å². The fraction of sp³-hybridized carbons (Fsp3) is 0.593. The van der Waals surface area contributed by atoms with Crippen molar-refractivity contribution in [1.82, 2.24) is 4.98 Å². The van der Waals surface area contributed by atoms with Crippen LogP contribution in [-0.2, 0) is 14.9 Å². The van der Waals surface area contributed by atoms with Gasteiger partial charge in [0.1, 0.15) is 0 Å². The number of nitrogens with zero attached hydrogens (tertiary/aromatic N) is 4. The Hall–Kier alpha value is -1.27. The third-order valence-corrected chi connectivity index (χ3v) is 10.5. The molecule has 190 valence electrons. The molecule has 1 aromatic rings. The maximum absolute atomic E-state index is 5.53. The average Bonchev–Trinajstić information content (AvgIpc) is 3.45. The van der Waals surface area contributed by atoms with Gasteiger partial charge in [-0.25, -0.2) is 0 Å². The molecule has 8 heteroatoms. The number of rotatable bonds is 4. The zero-order valence-electron chi connectivity index (χ0n) is 22.0. The Labute approximate surface area is 222 Å². The predicted molar refractivity (Wildman–Crippen MR) is 148 cm³/mol. The van der Waals surface area contributed by atoms with E-state index in [0.29, 0.717) is 0 Å². The van der Waals surface area contributed by atoms with Gasteiger partial charge in [-0.3, -0.25) is 0 Å². The Morgan fingerprint density at radius 3 is 2.23 bits per heavy atom. The fourth-order valence-electron chi connectivity index (χ4n) is 4.07. The quantitative estimate of drug-likeness (QED) is 0.299. The van der Waals surface area contributed by atoms with E-state index in [-0.39, 0.29) is 40.3 Å². The van der Waals surface area contributed by atoms with Crippen LogP contribution in [0.1, 0.15) is 51.7 Å². The number of ether oxygens (including phenoxy) is 2. The molecule has 0 amide bonds. The first-order chi connectivity index (χ1) is 16.6. The van der Waals surface area contributed by atoms with E-state index >= 15 is 0 Å². The molecule has 6 nitrogen and oxygen atoms in total. The van der Waals surface area contributed by atoms with E-state index in [2.05, 4.69) is 81.4 Å². The number of amidine groups is 1. The van der Waals surface area contributed by atoms with Crippen LogP contribution >= 0.6 is 0 Å². The summed E-state index contributed by atoms with van der Waals surface area (Å²) in [4.78, 5) is 12.6. The van der Waals surface area contributed by atoms with Gasteiger partial charge in [-0.2, -0.15) is 0 Å². The molecule has 0 radical (unpaired) electrons. The van der Waals surface area contributed by atoms with E-state index in [9.17, 15) is 0 Å². The van der Waals surface area contributed by atoms with E-state index in [1.165, 1.54) is 29.7 Å². The molecule has 2 saturated heterocycles. The molecule has 0 aromatic carbocycles. The van der Waals surface area contributed by atoms with Crippen LogP contribution in [0.25, 0.3) is 6.08 Å². The first-order valence-corrected chi connectivity index (χ1v) is 15.9. The minimum atomic E-state index is 0.0390. The predicted octanol–water partition coefficient (Wildman–Crippen LogP) is 3.33. The van der Waals surface area contributed by atoms with Gasteiger partial charge in [0.2, 0.25) is 0 Å². The summed E-state index contributed by atoms with van der Waals surface area (Å²) in [5, 5.41) is 0. The Balaban J connectivity index is 1.51. The Bertz CT molecular complexity index is 1050. The zero-order valence-corrected chi connectivity index (χ0v) is 25.4. The van der Waals surface area contributed by atoms with E-state index in [1.54, 1.807) is 0 Å². The van der Waals surface area contributed by atoms with Crippen LogP contribution in [0.5, 0.6) is 0 Å². The maximum atomic E-state index is 5.53. The molecule has 0 N–H and O–H groups in total. The van der Waals surface area contributed by atoms with Gasteiger partial charge in [0.15, 0.2) is 0 Å². The molecule has 0 atom stereocenters. The molecule has 0 saturated carbocycles. The summed E-state index contributed by atoms with van der Waals surface area (Å²) in [5.74, 6) is 0. The van der Waals surface area contributed by atoms with Crippen molar-refractivity contribution in [2.24, 2.45) is 10.4 Å². The summed E-state index contributed by atoms with van der Waals surface area (Å²) in [6.07, 6.45) is 11.1. The summed E-state index contributed by atoms with van der Waals surface area (Å²) < 4.78 is 18.8. The summed E-state index contributed by atoms with van der Waals surface area (Å²) >= 11 is 0.483. The van der Waals surface area contributed by atoms with Crippen LogP contribution in [-0.4, -0.2) is 102 Å². The van der Waals surface area contributed by atoms with Crippen molar-refractivity contribution in [1.29, 1.82) is 0 Å². The first kappa shape index (κ1) is 26.8. The average molecular weight is 610 g/mol. The van der Waals surface area contributed by atoms with E-state index < -0.39 is 0 Å². The SMILES string of the molecule is CC(C)(C)C1=NC(=[N+]2CCOCC2)[Se]/C1=C/C=C/C=C/c1[se]c(N2CCOCC2)nc1C(C)(C)C. The number of anilines is 1. The number of hydrogen-bond donors (Lipinski definition) is 0. The molecule has 35 heavy (non-hydrogen) atoms. The van der Waals surface area contributed by atoms with Crippen molar-refractivity contribution >= 4 is 50.7 Å². The normalized spacial score (nSPS) is 21.7. The molecule has 4 heterocycles. The van der Waals surface area contributed by atoms with Crippen LogP contribution in [0.3, 0.4) is 0 Å². The number of aromatic nitrogens is 1. The van der Waals surface area contributed by atoms with Gasteiger partial charge in [0.25, 0.3) is 0 Å². The molecule has 3 aliphatic rings. The van der Waals surface area contributed by atoms with Crippen LogP contribution in [0, 0.1) is 5.41 Å². The van der Waals surface area contributed by atoms with Crippen LogP contribution in [0.2, 0.25) is 0 Å². The summed E-state index contributed by atoms with van der Waals surface area (Å²) in [6, 6.07) is 0. The summed E-state index contributed by atoms with van der Waals surface area (Å²) in [5.41, 5.74) is 2.54. The van der Waals surface area contributed by atoms with Crippen molar-refractivity contribution in [2.75, 3.05) is 57.5 Å². The first-order valence-electron chi connectivity index (χ1n) is 12.5. The van der Waals surface area contributed by atoms with Gasteiger partial charge < -0.3 is 0 Å². The second-order valence-electron chi connectivity index (χ2n) is 11.0. The van der Waals surface area contributed by atoms with Crippen molar-refractivity contribution < 1.29 is 14.0 Å². The third kappa shape index (κ3) is 6.94. The number of allylic oxidation sites excluding steroid dienone is 5. The molecule has 0 spiro atoms. The number of morpholine rings is 2. The fourth-order valence-corrected chi connectivity index (χ4v) is 9.28. The molecule has 0 unspecified atom stereocenters. The van der Waals surface area contributed by atoms with Gasteiger partial charge in [0.05, 0.1) is 0 Å². The van der Waals surface area contributed by atoms with Gasteiger partial charge in [-0.05, 0) is 0 Å². The third-order valence-electron chi connectivity index (χ3n) is 5.99. The van der Waals surface area contributed by atoms with Crippen LogP contribution < -0.4 is 4.90 Å². The van der Waals surface area contributed by atoms with Crippen molar-refractivity contribution in [3.8, 4) is 0 Å². The van der Waals surface area contributed by atoms with Crippen LogP contribution in [0.15, 0.2) is 33.8 Å². The molecule has 0 aliphatic carbocycles. The van der Waals surface area contributed by atoms with Gasteiger partial charge >= 0.3 is 223 Å². The van der Waals surface area contributed by atoms with Gasteiger partial charge in [-0.15, -0.1) is 0 Å². The second-order valence-corrected chi connectivity index (χ2v) is 15.3. The molecule has 3 aliphatic heterocycles. The number of hydrogen-bond acceptors (Lipinski definition) is 4. The van der Waals surface area contributed by atoms with Crippen molar-refractivity contribution in [3.05, 3.63) is 38.9 Å². The minimum absolute atomic E-state index is 0.0390. The molecule has 4 rings (SSSR count). The molecular formula is C27H39N4O2Se2+. The Morgan fingerprint density at radius 2 is 1.57 bits per heavy atom. The van der Waals surface area contributed by atoms with Crippen LogP contribution in [0.4, 0.5) is 4.69 Å². The Kier molecular flexibility index (Phi) is 8.73. The Morgan fingerprint density at radius 1 is 0.886 bits per heavy atom. The topological polar surface area (TPSA) is 50.0 Å². The molecule has 0 bridgehead atoms. The van der Waals surface area contributed by atoms with Gasteiger partial charge in [-0.1, -0.05) is 0 Å². The van der Waals surface area contributed by atoms with Crippen molar-refractivity contribution in [3.63, 3.8) is 0 Å². The monoisotopic (exact) mass is 611 g/mol. The summed E-state index contributed by atoms with van der Waals surface area (Å²) in [7, 11) is 0. The standard InChI is InChI=1S/C27H39N4O2Se2/c1-26(2,3)22-20(34-24(28-22)30-12-16-32-17-13-30)10-8-7-9-11-21-23(27(4,5)6)29-25(35-21)31-14-18-33-19-15-31/h7-11H,12-19H2,1-6H3/q+1. The molecular weight excluding hydrogens is 570 g/mol. The van der Waals surface area contributed by atoms with E-state index in [1.807, 2.05) is 0 Å².